The van der Waals surface area contributed by atoms with Crippen molar-refractivity contribution in [2.75, 3.05) is 13.2 Å². The van der Waals surface area contributed by atoms with Gasteiger partial charge in [0.25, 0.3) is 0 Å². The topological polar surface area (TPSA) is 33.3 Å². The van der Waals surface area contributed by atoms with Crippen LogP contribution in [0.2, 0.25) is 0 Å². The van der Waals surface area contributed by atoms with Gasteiger partial charge in [-0.2, -0.15) is 0 Å². The third-order valence-corrected chi connectivity index (χ3v) is 7.48. The first-order chi connectivity index (χ1) is 11.7. The Kier molecular flexibility index (Phi) is 5.06. The van der Waals surface area contributed by atoms with Crippen molar-refractivity contribution in [3.63, 3.8) is 0 Å². The zero-order valence-corrected chi connectivity index (χ0v) is 16.0. The van der Waals surface area contributed by atoms with Crippen molar-refractivity contribution in [1.82, 2.24) is 10.6 Å². The predicted octanol–water partition coefficient (Wildman–Crippen LogP) is 4.01. The minimum atomic E-state index is 0.355. The number of ether oxygens (including phenoxy) is 1. The van der Waals surface area contributed by atoms with Gasteiger partial charge in [0.1, 0.15) is 0 Å². The zero-order valence-electron chi connectivity index (χ0n) is 15.2. The van der Waals surface area contributed by atoms with Crippen molar-refractivity contribution in [2.45, 2.75) is 83.3 Å². The molecule has 0 aromatic rings. The molecule has 1 heterocycles. The summed E-state index contributed by atoms with van der Waals surface area (Å²) in [5.74, 6) is 3.02. The van der Waals surface area contributed by atoms with E-state index in [1.165, 1.54) is 64.2 Å². The Morgan fingerprint density at radius 1 is 1.17 bits per heavy atom. The predicted molar refractivity (Wildman–Crippen MR) is 102 cm³/mol. The quantitative estimate of drug-likeness (QED) is 0.709. The number of thiocarbonyl (C=S) groups is 1. The first-order valence-electron chi connectivity index (χ1n) is 10.3. The van der Waals surface area contributed by atoms with Gasteiger partial charge in [0.2, 0.25) is 0 Å². The van der Waals surface area contributed by atoms with Crippen molar-refractivity contribution < 1.29 is 4.74 Å². The molecule has 5 rings (SSSR count). The lowest BCUT2D eigenvalue weighted by molar-refractivity contribution is -0.0720. The second kappa shape index (κ2) is 7.11. The van der Waals surface area contributed by atoms with E-state index in [0.717, 1.165) is 36.0 Å². The van der Waals surface area contributed by atoms with E-state index in [4.69, 9.17) is 17.0 Å². The molecule has 4 aliphatic carbocycles. The van der Waals surface area contributed by atoms with E-state index >= 15 is 0 Å². The Labute approximate surface area is 152 Å². The highest BCUT2D eigenvalue weighted by Gasteiger charge is 2.54. The minimum absolute atomic E-state index is 0.355. The Hall–Kier alpha value is -0.350. The van der Waals surface area contributed by atoms with Crippen LogP contribution in [0.5, 0.6) is 0 Å². The van der Waals surface area contributed by atoms with Crippen LogP contribution in [0.25, 0.3) is 0 Å². The number of rotatable bonds is 6. The fourth-order valence-electron chi connectivity index (χ4n) is 6.65. The SMILES string of the molecule is CCC[C@H](NC(=S)NC[C@@H]1CCCO1)C12CC3CC(CC(C3)C1)C2. The van der Waals surface area contributed by atoms with Gasteiger partial charge in [0.15, 0.2) is 5.11 Å². The number of nitrogens with one attached hydrogen (secondary N) is 2. The van der Waals surface area contributed by atoms with Gasteiger partial charge in [-0.25, -0.2) is 0 Å². The van der Waals surface area contributed by atoms with Crippen molar-refractivity contribution in [1.29, 1.82) is 0 Å². The molecule has 4 heteroatoms. The molecule has 5 aliphatic rings. The molecular weight excluding hydrogens is 316 g/mol. The average molecular weight is 351 g/mol. The molecule has 2 atom stereocenters. The molecule has 136 valence electrons. The van der Waals surface area contributed by atoms with Crippen LogP contribution >= 0.6 is 12.2 Å². The molecule has 0 aromatic heterocycles. The normalized spacial score (nSPS) is 41.4. The summed E-state index contributed by atoms with van der Waals surface area (Å²) in [7, 11) is 0. The Balaban J connectivity index is 1.37. The van der Waals surface area contributed by atoms with E-state index in [9.17, 15) is 0 Å². The Morgan fingerprint density at radius 3 is 2.38 bits per heavy atom. The molecule has 5 fully saturated rings. The highest BCUT2D eigenvalue weighted by atomic mass is 32.1. The standard InChI is InChI=1S/C20H34N2OS/c1-2-4-18(22-19(24)21-13-17-5-3-6-23-17)20-10-14-7-15(11-20)9-16(8-14)12-20/h14-18H,2-13H2,1H3,(H2,21,22,24)/t14?,15?,16?,17-,18-,20?/m0/s1. The lowest BCUT2D eigenvalue weighted by atomic mass is 9.47. The molecule has 0 radical (unpaired) electrons. The molecule has 1 saturated heterocycles. The Bertz CT molecular complexity index is 425. The summed E-state index contributed by atoms with van der Waals surface area (Å²) < 4.78 is 5.71. The van der Waals surface area contributed by atoms with E-state index in [2.05, 4.69) is 17.6 Å². The molecule has 0 aromatic carbocycles. The van der Waals surface area contributed by atoms with Crippen LogP contribution in [0.1, 0.15) is 71.1 Å². The van der Waals surface area contributed by atoms with Gasteiger partial charge < -0.3 is 15.4 Å². The molecule has 2 N–H and O–H groups in total. The van der Waals surface area contributed by atoms with Gasteiger partial charge in [0.05, 0.1) is 6.10 Å². The van der Waals surface area contributed by atoms with Gasteiger partial charge in [-0.05, 0) is 93.2 Å². The smallest absolute Gasteiger partial charge is 0.166 e. The molecule has 1 aliphatic heterocycles. The zero-order chi connectivity index (χ0) is 16.6. The lowest BCUT2D eigenvalue weighted by Crippen LogP contribution is -2.58. The fraction of sp³-hybridized carbons (Fsp3) is 0.950. The van der Waals surface area contributed by atoms with Crippen molar-refractivity contribution in [3.8, 4) is 0 Å². The van der Waals surface area contributed by atoms with Crippen LogP contribution in [-0.2, 0) is 4.74 Å². The number of hydrogen-bond acceptors (Lipinski definition) is 2. The van der Waals surface area contributed by atoms with Crippen molar-refractivity contribution >= 4 is 17.3 Å². The summed E-state index contributed by atoms with van der Waals surface area (Å²) >= 11 is 5.66. The molecule has 0 unspecified atom stereocenters. The van der Waals surface area contributed by atoms with E-state index in [1.807, 2.05) is 0 Å². The van der Waals surface area contributed by atoms with Gasteiger partial charge in [-0.15, -0.1) is 0 Å². The molecule has 24 heavy (non-hydrogen) atoms. The molecule has 0 amide bonds. The third kappa shape index (κ3) is 3.46. The van der Waals surface area contributed by atoms with Gasteiger partial charge >= 0.3 is 0 Å². The largest absolute Gasteiger partial charge is 0.376 e. The molecule has 4 bridgehead atoms. The van der Waals surface area contributed by atoms with Crippen molar-refractivity contribution in [2.24, 2.45) is 23.2 Å². The van der Waals surface area contributed by atoms with Crippen LogP contribution in [0.4, 0.5) is 0 Å². The highest BCUT2D eigenvalue weighted by molar-refractivity contribution is 7.80. The second-order valence-electron chi connectivity index (χ2n) is 9.11. The number of hydrogen-bond donors (Lipinski definition) is 2. The molecule has 4 saturated carbocycles. The first kappa shape index (κ1) is 17.1. The maximum atomic E-state index is 5.71. The molecule has 0 spiro atoms. The van der Waals surface area contributed by atoms with E-state index in [-0.39, 0.29) is 0 Å². The fourth-order valence-corrected chi connectivity index (χ4v) is 6.87. The highest BCUT2D eigenvalue weighted by Crippen LogP contribution is 2.61. The second-order valence-corrected chi connectivity index (χ2v) is 9.52. The van der Waals surface area contributed by atoms with Gasteiger partial charge in [-0.3, -0.25) is 0 Å². The lowest BCUT2D eigenvalue weighted by Gasteiger charge is -2.59. The Morgan fingerprint density at radius 2 is 1.83 bits per heavy atom. The van der Waals surface area contributed by atoms with Crippen LogP contribution in [-0.4, -0.2) is 30.4 Å². The average Bonchev–Trinajstić information content (AvgIpc) is 3.05. The van der Waals surface area contributed by atoms with Crippen LogP contribution in [0.3, 0.4) is 0 Å². The summed E-state index contributed by atoms with van der Waals surface area (Å²) in [6.07, 6.45) is 14.1. The summed E-state index contributed by atoms with van der Waals surface area (Å²) in [6, 6.07) is 0.570. The summed E-state index contributed by atoms with van der Waals surface area (Å²) in [5.41, 5.74) is 0.528. The maximum absolute atomic E-state index is 5.71. The first-order valence-corrected chi connectivity index (χ1v) is 10.7. The van der Waals surface area contributed by atoms with Crippen LogP contribution in [0, 0.1) is 23.2 Å². The van der Waals surface area contributed by atoms with Gasteiger partial charge in [-0.1, -0.05) is 13.3 Å². The molecular formula is C20H34N2OS. The van der Waals surface area contributed by atoms with Gasteiger partial charge in [0, 0.05) is 19.2 Å². The molecule has 3 nitrogen and oxygen atoms in total. The third-order valence-electron chi connectivity index (χ3n) is 7.22. The van der Waals surface area contributed by atoms with Crippen molar-refractivity contribution in [3.05, 3.63) is 0 Å². The van der Waals surface area contributed by atoms with Crippen LogP contribution in [0.15, 0.2) is 0 Å². The van der Waals surface area contributed by atoms with E-state index in [0.29, 0.717) is 17.6 Å². The summed E-state index contributed by atoms with van der Waals surface area (Å²) in [5, 5.41) is 8.07. The summed E-state index contributed by atoms with van der Waals surface area (Å²) in [6.45, 7) is 4.10. The summed E-state index contributed by atoms with van der Waals surface area (Å²) in [4.78, 5) is 0. The van der Waals surface area contributed by atoms with E-state index < -0.39 is 0 Å². The maximum Gasteiger partial charge on any atom is 0.166 e. The van der Waals surface area contributed by atoms with E-state index in [1.54, 1.807) is 0 Å². The minimum Gasteiger partial charge on any atom is -0.376 e. The van der Waals surface area contributed by atoms with Crippen LogP contribution < -0.4 is 10.6 Å². The monoisotopic (exact) mass is 350 g/mol.